The SMILES string of the molecule is COCCC(=O)N1CCN(c2nc(C3CC3)c(-c3ccc4nc(N)sc4c3)cc2N)C[C@H]1C. The minimum absolute atomic E-state index is 0.0903. The number of methoxy groups -OCH3 is 1. The summed E-state index contributed by atoms with van der Waals surface area (Å²) in [5.41, 5.74) is 17.4. The molecular formula is C24H30N6O2S. The lowest BCUT2D eigenvalue weighted by Gasteiger charge is -2.41. The molecular weight excluding hydrogens is 436 g/mol. The smallest absolute Gasteiger partial charge is 0.225 e. The van der Waals surface area contributed by atoms with Gasteiger partial charge in [0.15, 0.2) is 10.9 Å². The van der Waals surface area contributed by atoms with E-state index in [9.17, 15) is 4.79 Å². The Hall–Kier alpha value is -2.91. The van der Waals surface area contributed by atoms with Crippen LogP contribution in [0.25, 0.3) is 21.3 Å². The summed E-state index contributed by atoms with van der Waals surface area (Å²) in [5, 5.41) is 0.575. The zero-order valence-electron chi connectivity index (χ0n) is 19.1. The normalized spacial score (nSPS) is 18.8. The van der Waals surface area contributed by atoms with Gasteiger partial charge < -0.3 is 26.0 Å². The minimum atomic E-state index is 0.0903. The maximum atomic E-state index is 12.5. The van der Waals surface area contributed by atoms with Crippen molar-refractivity contribution in [1.82, 2.24) is 14.9 Å². The Morgan fingerprint density at radius 1 is 1.21 bits per heavy atom. The number of anilines is 3. The molecule has 1 atom stereocenters. The number of benzene rings is 1. The molecule has 0 spiro atoms. The van der Waals surface area contributed by atoms with E-state index in [-0.39, 0.29) is 11.9 Å². The molecule has 2 aliphatic rings. The molecule has 1 amide bonds. The summed E-state index contributed by atoms with van der Waals surface area (Å²) < 4.78 is 6.13. The number of thiazole rings is 1. The first-order valence-corrected chi connectivity index (χ1v) is 12.3. The summed E-state index contributed by atoms with van der Waals surface area (Å²) in [6.45, 7) is 4.63. The Labute approximate surface area is 197 Å². The lowest BCUT2D eigenvalue weighted by Crippen LogP contribution is -2.54. The number of ether oxygens (including phenoxy) is 1. The third-order valence-electron chi connectivity index (χ3n) is 6.51. The third kappa shape index (κ3) is 4.35. The number of aromatic nitrogens is 2. The first kappa shape index (κ1) is 21.9. The minimum Gasteiger partial charge on any atom is -0.396 e. The van der Waals surface area contributed by atoms with Crippen LogP contribution >= 0.6 is 11.3 Å². The molecule has 9 heteroatoms. The van der Waals surface area contributed by atoms with Crippen molar-refractivity contribution in [3.8, 4) is 11.1 Å². The highest BCUT2D eigenvalue weighted by atomic mass is 32.1. The van der Waals surface area contributed by atoms with Crippen LogP contribution in [0.4, 0.5) is 16.6 Å². The van der Waals surface area contributed by atoms with E-state index in [4.69, 9.17) is 21.2 Å². The van der Waals surface area contributed by atoms with Gasteiger partial charge in [-0.3, -0.25) is 4.79 Å². The molecule has 3 heterocycles. The highest BCUT2D eigenvalue weighted by Crippen LogP contribution is 2.46. The zero-order chi connectivity index (χ0) is 23.1. The van der Waals surface area contributed by atoms with Crippen LogP contribution in [-0.4, -0.2) is 60.2 Å². The fourth-order valence-electron chi connectivity index (χ4n) is 4.65. The van der Waals surface area contributed by atoms with Crippen molar-refractivity contribution in [3.63, 3.8) is 0 Å². The van der Waals surface area contributed by atoms with E-state index >= 15 is 0 Å². The van der Waals surface area contributed by atoms with Gasteiger partial charge in [-0.2, -0.15) is 0 Å². The lowest BCUT2D eigenvalue weighted by atomic mass is 10.00. The number of nitrogen functional groups attached to an aromatic ring is 2. The Morgan fingerprint density at radius 2 is 2.03 bits per heavy atom. The molecule has 2 aromatic heterocycles. The average molecular weight is 467 g/mol. The maximum Gasteiger partial charge on any atom is 0.225 e. The van der Waals surface area contributed by atoms with Gasteiger partial charge in [-0.15, -0.1) is 0 Å². The van der Waals surface area contributed by atoms with Gasteiger partial charge in [0.25, 0.3) is 0 Å². The second-order valence-corrected chi connectivity index (χ2v) is 10.0. The predicted octanol–water partition coefficient (Wildman–Crippen LogP) is 3.47. The molecule has 2 fully saturated rings. The quantitative estimate of drug-likeness (QED) is 0.572. The molecule has 1 aliphatic heterocycles. The Kier molecular flexibility index (Phi) is 5.84. The molecule has 5 rings (SSSR count). The van der Waals surface area contributed by atoms with Crippen molar-refractivity contribution in [2.24, 2.45) is 0 Å². The molecule has 1 aromatic carbocycles. The number of carbonyl (C=O) groups is 1. The van der Waals surface area contributed by atoms with E-state index in [2.05, 4.69) is 35.0 Å². The highest BCUT2D eigenvalue weighted by molar-refractivity contribution is 7.22. The number of fused-ring (bicyclic) bond motifs is 1. The summed E-state index contributed by atoms with van der Waals surface area (Å²) in [4.78, 5) is 26.1. The van der Waals surface area contributed by atoms with Crippen molar-refractivity contribution >= 4 is 44.1 Å². The van der Waals surface area contributed by atoms with Crippen molar-refractivity contribution < 1.29 is 9.53 Å². The van der Waals surface area contributed by atoms with Gasteiger partial charge in [-0.05, 0) is 43.5 Å². The Morgan fingerprint density at radius 3 is 2.76 bits per heavy atom. The second-order valence-electron chi connectivity index (χ2n) is 8.97. The predicted molar refractivity (Wildman–Crippen MR) is 134 cm³/mol. The van der Waals surface area contributed by atoms with Crippen LogP contribution in [0.2, 0.25) is 0 Å². The molecule has 1 saturated heterocycles. The molecule has 1 aliphatic carbocycles. The van der Waals surface area contributed by atoms with Crippen LogP contribution in [0, 0.1) is 0 Å². The van der Waals surface area contributed by atoms with Gasteiger partial charge in [0.2, 0.25) is 5.91 Å². The topological polar surface area (TPSA) is 111 Å². The summed E-state index contributed by atoms with van der Waals surface area (Å²) in [6, 6.07) is 8.39. The Bertz CT molecular complexity index is 1190. The standard InChI is InChI=1S/C24H30N6O2S/c1-14-13-29(8-9-30(14)21(31)7-10-32-2)23-18(25)12-17(22(28-23)15-3-4-15)16-5-6-19-20(11-16)33-24(26)27-19/h5-6,11-12,14-15H,3-4,7-10,13,25H2,1-2H3,(H2,26,27)/t14-/m1/s1. The van der Waals surface area contributed by atoms with Crippen LogP contribution in [0.15, 0.2) is 24.3 Å². The largest absolute Gasteiger partial charge is 0.396 e. The van der Waals surface area contributed by atoms with E-state index in [1.165, 1.54) is 11.3 Å². The van der Waals surface area contributed by atoms with Gasteiger partial charge in [-0.25, -0.2) is 9.97 Å². The number of pyridine rings is 1. The molecule has 0 radical (unpaired) electrons. The molecule has 8 nitrogen and oxygen atoms in total. The van der Waals surface area contributed by atoms with Crippen LogP contribution in [0.5, 0.6) is 0 Å². The number of hydrogen-bond acceptors (Lipinski definition) is 8. The number of hydrogen-bond donors (Lipinski definition) is 2. The van der Waals surface area contributed by atoms with Crippen LogP contribution in [-0.2, 0) is 9.53 Å². The summed E-state index contributed by atoms with van der Waals surface area (Å²) in [6.07, 6.45) is 2.71. The molecule has 1 saturated carbocycles. The van der Waals surface area contributed by atoms with Gasteiger partial charge in [0.1, 0.15) is 0 Å². The zero-order valence-corrected chi connectivity index (χ0v) is 19.9. The fraction of sp³-hybridized carbons (Fsp3) is 0.458. The Balaban J connectivity index is 1.43. The highest BCUT2D eigenvalue weighted by Gasteiger charge is 2.32. The van der Waals surface area contributed by atoms with E-state index in [0.717, 1.165) is 52.2 Å². The van der Waals surface area contributed by atoms with E-state index in [1.54, 1.807) is 7.11 Å². The molecule has 0 bridgehead atoms. The summed E-state index contributed by atoms with van der Waals surface area (Å²) >= 11 is 1.50. The van der Waals surface area contributed by atoms with Crippen LogP contribution in [0.1, 0.15) is 37.8 Å². The van der Waals surface area contributed by atoms with Crippen molar-refractivity contribution in [2.45, 2.75) is 38.1 Å². The lowest BCUT2D eigenvalue weighted by molar-refractivity contribution is -0.134. The van der Waals surface area contributed by atoms with Crippen molar-refractivity contribution in [3.05, 3.63) is 30.0 Å². The monoisotopic (exact) mass is 466 g/mol. The molecule has 4 N–H and O–H groups in total. The number of piperazine rings is 1. The van der Waals surface area contributed by atoms with Gasteiger partial charge >= 0.3 is 0 Å². The number of nitrogens with zero attached hydrogens (tertiary/aromatic N) is 4. The van der Waals surface area contributed by atoms with Gasteiger partial charge in [0.05, 0.1) is 34.6 Å². The number of rotatable bonds is 6. The fourth-order valence-corrected chi connectivity index (χ4v) is 5.42. The average Bonchev–Trinajstić information content (AvgIpc) is 3.57. The summed E-state index contributed by atoms with van der Waals surface area (Å²) in [5.74, 6) is 1.44. The van der Waals surface area contributed by atoms with Crippen molar-refractivity contribution in [2.75, 3.05) is 49.7 Å². The van der Waals surface area contributed by atoms with Crippen LogP contribution in [0.3, 0.4) is 0 Å². The maximum absolute atomic E-state index is 12.5. The van der Waals surface area contributed by atoms with Crippen molar-refractivity contribution in [1.29, 1.82) is 0 Å². The molecule has 3 aromatic rings. The van der Waals surface area contributed by atoms with Gasteiger partial charge in [0, 0.05) is 44.3 Å². The number of carbonyl (C=O) groups excluding carboxylic acids is 1. The molecule has 174 valence electrons. The number of amides is 1. The van der Waals surface area contributed by atoms with E-state index < -0.39 is 0 Å². The van der Waals surface area contributed by atoms with Crippen LogP contribution < -0.4 is 16.4 Å². The first-order valence-electron chi connectivity index (χ1n) is 11.4. The van der Waals surface area contributed by atoms with E-state index in [1.807, 2.05) is 11.0 Å². The molecule has 33 heavy (non-hydrogen) atoms. The summed E-state index contributed by atoms with van der Waals surface area (Å²) in [7, 11) is 1.62. The van der Waals surface area contributed by atoms with Gasteiger partial charge in [-0.1, -0.05) is 17.4 Å². The number of nitrogens with two attached hydrogens (primary N) is 2. The molecule has 0 unspecified atom stereocenters. The first-order chi connectivity index (χ1) is 15.9. The van der Waals surface area contributed by atoms with E-state index in [0.29, 0.717) is 42.9 Å². The third-order valence-corrected chi connectivity index (χ3v) is 7.36. The second kappa shape index (κ2) is 8.79.